The Labute approximate surface area is 97.8 Å². The summed E-state index contributed by atoms with van der Waals surface area (Å²) in [6.45, 7) is 1.91. The van der Waals surface area contributed by atoms with Crippen LogP contribution < -0.4 is 5.73 Å². The van der Waals surface area contributed by atoms with Gasteiger partial charge in [0, 0.05) is 0 Å². The summed E-state index contributed by atoms with van der Waals surface area (Å²) in [5.41, 5.74) is 7.74. The molecule has 0 aromatic heterocycles. The van der Waals surface area contributed by atoms with E-state index in [1.54, 1.807) is 0 Å². The lowest BCUT2D eigenvalue weighted by Crippen LogP contribution is -2.38. The van der Waals surface area contributed by atoms with Gasteiger partial charge in [-0.25, -0.2) is 0 Å². The normalized spacial score (nSPS) is 18.0. The monoisotopic (exact) mass is 236 g/mol. The van der Waals surface area contributed by atoms with Crippen LogP contribution in [-0.4, -0.2) is 21.8 Å². The van der Waals surface area contributed by atoms with Gasteiger partial charge in [-0.15, -0.1) is 0 Å². The highest BCUT2D eigenvalue weighted by atomic mass is 32.2. The highest BCUT2D eigenvalue weighted by Gasteiger charge is 2.35. The van der Waals surface area contributed by atoms with E-state index in [9.17, 15) is 9.59 Å². The van der Waals surface area contributed by atoms with Gasteiger partial charge in [0.2, 0.25) is 5.91 Å². The summed E-state index contributed by atoms with van der Waals surface area (Å²) in [6, 6.07) is 7.49. The van der Waals surface area contributed by atoms with Gasteiger partial charge in [0.15, 0.2) is 0 Å². The zero-order chi connectivity index (χ0) is 11.7. The number of aryl methyl sites for hydroxylation is 1. The molecule has 84 valence electrons. The fourth-order valence-corrected chi connectivity index (χ4v) is 2.43. The highest BCUT2D eigenvalue weighted by molar-refractivity contribution is 8.14. The maximum absolute atomic E-state index is 11.5. The van der Waals surface area contributed by atoms with Crippen molar-refractivity contribution in [1.29, 1.82) is 0 Å². The molecule has 1 aliphatic rings. The first-order valence-corrected chi connectivity index (χ1v) is 5.89. The lowest BCUT2D eigenvalue weighted by atomic mass is 10.1. The predicted octanol–water partition coefficient (Wildman–Crippen LogP) is 1.65. The Morgan fingerprint density at radius 2 is 2.06 bits per heavy atom. The van der Waals surface area contributed by atoms with E-state index in [4.69, 9.17) is 5.73 Å². The Kier molecular flexibility index (Phi) is 2.98. The summed E-state index contributed by atoms with van der Waals surface area (Å²) in [6.07, 6.45) is -0.670. The minimum absolute atomic E-state index is 0.193. The molecule has 1 fully saturated rings. The van der Waals surface area contributed by atoms with Crippen LogP contribution in [0, 0.1) is 6.92 Å². The van der Waals surface area contributed by atoms with Crippen molar-refractivity contribution >= 4 is 22.9 Å². The number of benzene rings is 1. The summed E-state index contributed by atoms with van der Waals surface area (Å²) >= 11 is 1.000. The molecule has 0 bridgehead atoms. The number of nitrogens with zero attached hydrogens (tertiary/aromatic N) is 1. The molecule has 0 aliphatic carbocycles. The Morgan fingerprint density at radius 1 is 1.38 bits per heavy atom. The molecule has 1 aromatic carbocycles. The van der Waals surface area contributed by atoms with E-state index in [0.717, 1.165) is 27.8 Å². The maximum Gasteiger partial charge on any atom is 0.290 e. The van der Waals surface area contributed by atoms with E-state index in [1.165, 1.54) is 0 Å². The molecule has 1 atom stereocenters. The van der Waals surface area contributed by atoms with Gasteiger partial charge in [-0.05, 0) is 18.1 Å². The quantitative estimate of drug-likeness (QED) is 0.848. The second-order valence-electron chi connectivity index (χ2n) is 3.62. The van der Waals surface area contributed by atoms with Crippen LogP contribution in [0.15, 0.2) is 24.3 Å². The molecule has 5 heteroatoms. The molecule has 1 aromatic rings. The first-order chi connectivity index (χ1) is 7.61. The van der Waals surface area contributed by atoms with E-state index in [0.29, 0.717) is 0 Å². The summed E-state index contributed by atoms with van der Waals surface area (Å²) in [5, 5.41) is -0.263. The van der Waals surface area contributed by atoms with Crippen molar-refractivity contribution in [3.05, 3.63) is 35.4 Å². The number of carbonyl (C=O) groups is 2. The molecule has 4 nitrogen and oxygen atoms in total. The first kappa shape index (κ1) is 11.2. The predicted molar refractivity (Wildman–Crippen MR) is 62.8 cm³/mol. The molecule has 2 amide bonds. The van der Waals surface area contributed by atoms with Crippen molar-refractivity contribution < 1.29 is 9.59 Å². The van der Waals surface area contributed by atoms with Crippen molar-refractivity contribution in [3.63, 3.8) is 0 Å². The van der Waals surface area contributed by atoms with E-state index in [-0.39, 0.29) is 16.9 Å². The number of thioether (sulfide) groups is 1. The van der Waals surface area contributed by atoms with Crippen LogP contribution in [0.2, 0.25) is 0 Å². The van der Waals surface area contributed by atoms with Crippen LogP contribution in [0.1, 0.15) is 17.3 Å². The molecule has 2 rings (SSSR count). The third kappa shape index (κ3) is 1.83. The zero-order valence-electron chi connectivity index (χ0n) is 8.84. The van der Waals surface area contributed by atoms with Crippen LogP contribution >= 0.6 is 11.8 Å². The summed E-state index contributed by atoms with van der Waals surface area (Å²) < 4.78 is 0. The minimum Gasteiger partial charge on any atom is -0.307 e. The van der Waals surface area contributed by atoms with E-state index < -0.39 is 6.17 Å². The molecular weight excluding hydrogens is 224 g/mol. The van der Waals surface area contributed by atoms with Crippen molar-refractivity contribution in [3.8, 4) is 0 Å². The van der Waals surface area contributed by atoms with Crippen molar-refractivity contribution in [2.24, 2.45) is 5.73 Å². The minimum atomic E-state index is -0.670. The second-order valence-corrected chi connectivity index (χ2v) is 4.55. The molecule has 2 N–H and O–H groups in total. The average molecular weight is 236 g/mol. The fourth-order valence-electron chi connectivity index (χ4n) is 1.69. The molecule has 16 heavy (non-hydrogen) atoms. The van der Waals surface area contributed by atoms with E-state index >= 15 is 0 Å². The molecule has 0 saturated carbocycles. The van der Waals surface area contributed by atoms with E-state index in [1.807, 2.05) is 31.2 Å². The van der Waals surface area contributed by atoms with E-state index in [2.05, 4.69) is 0 Å². The Bertz CT molecular complexity index is 431. The third-order valence-corrected chi connectivity index (χ3v) is 3.40. The molecule has 0 radical (unpaired) electrons. The standard InChI is InChI=1S/C11H12N2O2S/c1-7-4-2-3-5-8(7)10(12)13-9(14)6-16-11(13)15/h2-5,10H,6,12H2,1H3. The lowest BCUT2D eigenvalue weighted by molar-refractivity contribution is -0.126. The first-order valence-electron chi connectivity index (χ1n) is 4.91. The van der Waals surface area contributed by atoms with Crippen LogP contribution in [0.25, 0.3) is 0 Å². The van der Waals surface area contributed by atoms with Crippen LogP contribution in [0.5, 0.6) is 0 Å². The number of nitrogens with two attached hydrogens (primary N) is 1. The van der Waals surface area contributed by atoms with Gasteiger partial charge >= 0.3 is 0 Å². The van der Waals surface area contributed by atoms with Gasteiger partial charge < -0.3 is 5.73 Å². The molecular formula is C11H12N2O2S. The van der Waals surface area contributed by atoms with Crippen LogP contribution in [0.4, 0.5) is 4.79 Å². The SMILES string of the molecule is Cc1ccccc1C(N)N1C(=O)CSC1=O. The summed E-state index contributed by atoms with van der Waals surface area (Å²) in [5.74, 6) is -0.0240. The van der Waals surface area contributed by atoms with Crippen molar-refractivity contribution in [2.75, 3.05) is 5.75 Å². The molecule has 0 spiro atoms. The van der Waals surface area contributed by atoms with Crippen LogP contribution in [0.3, 0.4) is 0 Å². The summed E-state index contributed by atoms with van der Waals surface area (Å²) in [7, 11) is 0. The largest absolute Gasteiger partial charge is 0.307 e. The van der Waals surface area contributed by atoms with Crippen molar-refractivity contribution in [2.45, 2.75) is 13.1 Å². The maximum atomic E-state index is 11.5. The molecule has 1 heterocycles. The van der Waals surface area contributed by atoms with Gasteiger partial charge in [-0.2, -0.15) is 0 Å². The zero-order valence-corrected chi connectivity index (χ0v) is 9.66. The Morgan fingerprint density at radius 3 is 2.62 bits per heavy atom. The average Bonchev–Trinajstić information content (AvgIpc) is 2.58. The van der Waals surface area contributed by atoms with Gasteiger partial charge in [-0.1, -0.05) is 36.0 Å². The molecule has 1 aliphatic heterocycles. The Balaban J connectivity index is 2.32. The van der Waals surface area contributed by atoms with Crippen LogP contribution in [-0.2, 0) is 4.79 Å². The highest BCUT2D eigenvalue weighted by Crippen LogP contribution is 2.27. The Hall–Kier alpha value is -1.33. The van der Waals surface area contributed by atoms with Gasteiger partial charge in [0.25, 0.3) is 5.24 Å². The van der Waals surface area contributed by atoms with Crippen molar-refractivity contribution in [1.82, 2.24) is 4.90 Å². The number of carbonyl (C=O) groups excluding carboxylic acids is 2. The number of amides is 2. The molecule has 1 saturated heterocycles. The number of imide groups is 1. The van der Waals surface area contributed by atoms with Gasteiger partial charge in [0.05, 0.1) is 5.75 Å². The number of hydrogen-bond donors (Lipinski definition) is 1. The van der Waals surface area contributed by atoms with Gasteiger partial charge in [0.1, 0.15) is 6.17 Å². The lowest BCUT2D eigenvalue weighted by Gasteiger charge is -2.23. The topological polar surface area (TPSA) is 63.4 Å². The second kappa shape index (κ2) is 4.27. The summed E-state index contributed by atoms with van der Waals surface area (Å²) in [4.78, 5) is 24.1. The smallest absolute Gasteiger partial charge is 0.290 e. The third-order valence-electron chi connectivity index (χ3n) is 2.57. The number of rotatable bonds is 2. The van der Waals surface area contributed by atoms with Gasteiger partial charge in [-0.3, -0.25) is 14.5 Å². The molecule has 1 unspecified atom stereocenters. The fraction of sp³-hybridized carbons (Fsp3) is 0.273. The number of hydrogen-bond acceptors (Lipinski definition) is 4.